The lowest BCUT2D eigenvalue weighted by atomic mass is 10.0. The number of carbonyl (C=O) groups is 2. The van der Waals surface area contributed by atoms with Gasteiger partial charge in [0.15, 0.2) is 0 Å². The number of rotatable bonds is 5. The predicted octanol–water partition coefficient (Wildman–Crippen LogP) is 2.25. The van der Waals surface area contributed by atoms with E-state index in [0.717, 1.165) is 29.9 Å². The number of hydrogen-bond donors (Lipinski definition) is 1. The van der Waals surface area contributed by atoms with Gasteiger partial charge in [-0.15, -0.1) is 0 Å². The van der Waals surface area contributed by atoms with Crippen molar-refractivity contribution in [2.24, 2.45) is 13.0 Å². The van der Waals surface area contributed by atoms with Gasteiger partial charge in [0, 0.05) is 56.4 Å². The van der Waals surface area contributed by atoms with Crippen molar-refractivity contribution in [2.75, 3.05) is 13.1 Å². The summed E-state index contributed by atoms with van der Waals surface area (Å²) in [7, 11) is 1.96. The van der Waals surface area contributed by atoms with Gasteiger partial charge in [-0.3, -0.25) is 9.59 Å². The molecule has 2 aromatic rings. The Hall–Kier alpha value is -2.57. The maximum atomic E-state index is 13.3. The first kappa shape index (κ1) is 18.8. The summed E-state index contributed by atoms with van der Waals surface area (Å²) in [6, 6.07) is 2.11. The van der Waals surface area contributed by atoms with Gasteiger partial charge in [0.1, 0.15) is 5.82 Å². The second kappa shape index (κ2) is 7.11. The highest BCUT2D eigenvalue weighted by Crippen LogP contribution is 2.32. The molecule has 7 nitrogen and oxygen atoms in total. The SMILES string of the molecule is Cc1c(C(=O)N2C[C@@H](NC(=O)C3CC3)[C@H](c3nccn3C)C2)ccn1C(C)C. The highest BCUT2D eigenvalue weighted by molar-refractivity contribution is 5.96. The molecular formula is C21H29N5O2. The molecule has 1 N–H and O–H groups in total. The topological polar surface area (TPSA) is 72.2 Å². The minimum absolute atomic E-state index is 0.000796. The zero-order valence-corrected chi connectivity index (χ0v) is 17.1. The molecule has 1 saturated carbocycles. The second-order valence-electron chi connectivity index (χ2n) is 8.42. The fourth-order valence-electron chi connectivity index (χ4n) is 4.24. The van der Waals surface area contributed by atoms with E-state index in [1.165, 1.54) is 0 Å². The number of nitrogens with one attached hydrogen (secondary N) is 1. The molecule has 2 atom stereocenters. The molecule has 1 saturated heterocycles. The van der Waals surface area contributed by atoms with Crippen molar-refractivity contribution in [3.63, 3.8) is 0 Å². The molecule has 3 heterocycles. The smallest absolute Gasteiger partial charge is 0.255 e. The molecule has 0 radical (unpaired) electrons. The summed E-state index contributed by atoms with van der Waals surface area (Å²) in [5, 5.41) is 3.19. The van der Waals surface area contributed by atoms with Gasteiger partial charge in [0.05, 0.1) is 17.5 Å². The number of imidazole rings is 1. The maximum absolute atomic E-state index is 13.3. The van der Waals surface area contributed by atoms with Crippen molar-refractivity contribution in [3.05, 3.63) is 41.7 Å². The summed E-state index contributed by atoms with van der Waals surface area (Å²) >= 11 is 0. The van der Waals surface area contributed by atoms with E-state index in [1.807, 2.05) is 41.9 Å². The number of hydrogen-bond acceptors (Lipinski definition) is 3. The number of carbonyl (C=O) groups excluding carboxylic acids is 2. The van der Waals surface area contributed by atoms with Crippen molar-refractivity contribution in [3.8, 4) is 0 Å². The first-order chi connectivity index (χ1) is 13.4. The zero-order chi connectivity index (χ0) is 20.0. The van der Waals surface area contributed by atoms with Gasteiger partial charge >= 0.3 is 0 Å². The van der Waals surface area contributed by atoms with Crippen molar-refractivity contribution in [1.29, 1.82) is 0 Å². The van der Waals surface area contributed by atoms with Gasteiger partial charge in [0.2, 0.25) is 5.91 Å². The molecule has 4 rings (SSSR count). The van der Waals surface area contributed by atoms with E-state index < -0.39 is 0 Å². The lowest BCUT2D eigenvalue weighted by Gasteiger charge is -2.19. The Kier molecular flexibility index (Phi) is 4.77. The first-order valence-corrected chi connectivity index (χ1v) is 10.1. The summed E-state index contributed by atoms with van der Waals surface area (Å²) < 4.78 is 4.10. The third-order valence-electron chi connectivity index (χ3n) is 6.04. The number of aryl methyl sites for hydroxylation is 1. The van der Waals surface area contributed by atoms with Crippen LogP contribution in [0.15, 0.2) is 24.7 Å². The second-order valence-corrected chi connectivity index (χ2v) is 8.42. The average molecular weight is 383 g/mol. The lowest BCUT2D eigenvalue weighted by Crippen LogP contribution is -2.41. The molecule has 28 heavy (non-hydrogen) atoms. The number of likely N-dealkylation sites (tertiary alicyclic amines) is 1. The molecule has 0 unspecified atom stereocenters. The third kappa shape index (κ3) is 3.34. The fraction of sp³-hybridized carbons (Fsp3) is 0.571. The maximum Gasteiger partial charge on any atom is 0.255 e. The Morgan fingerprint density at radius 2 is 1.96 bits per heavy atom. The molecule has 7 heteroatoms. The average Bonchev–Trinajstić information content (AvgIpc) is 3.12. The minimum Gasteiger partial charge on any atom is -0.351 e. The van der Waals surface area contributed by atoms with E-state index in [1.54, 1.807) is 6.20 Å². The number of aromatic nitrogens is 3. The van der Waals surface area contributed by atoms with E-state index >= 15 is 0 Å². The Balaban J connectivity index is 1.57. The Morgan fingerprint density at radius 1 is 1.21 bits per heavy atom. The van der Waals surface area contributed by atoms with Gasteiger partial charge in [-0.1, -0.05) is 0 Å². The molecule has 1 aliphatic carbocycles. The van der Waals surface area contributed by atoms with Crippen LogP contribution in [-0.4, -0.2) is 50.0 Å². The predicted molar refractivity (Wildman–Crippen MR) is 106 cm³/mol. The van der Waals surface area contributed by atoms with Crippen LogP contribution in [0.1, 0.15) is 60.5 Å². The third-order valence-corrected chi connectivity index (χ3v) is 6.04. The van der Waals surface area contributed by atoms with Crippen LogP contribution in [0.4, 0.5) is 0 Å². The fourth-order valence-corrected chi connectivity index (χ4v) is 4.24. The molecule has 1 aliphatic heterocycles. The summed E-state index contributed by atoms with van der Waals surface area (Å²) in [5.74, 6) is 1.20. The summed E-state index contributed by atoms with van der Waals surface area (Å²) in [6.07, 6.45) is 7.59. The Labute approximate surface area is 165 Å². The number of nitrogens with zero attached hydrogens (tertiary/aromatic N) is 4. The quantitative estimate of drug-likeness (QED) is 0.861. The Bertz CT molecular complexity index is 892. The molecule has 0 aromatic carbocycles. The van der Waals surface area contributed by atoms with Crippen molar-refractivity contribution in [2.45, 2.75) is 51.6 Å². The molecule has 0 bridgehead atoms. The van der Waals surface area contributed by atoms with E-state index in [-0.39, 0.29) is 29.7 Å². The van der Waals surface area contributed by atoms with Gasteiger partial charge in [-0.05, 0) is 39.7 Å². The first-order valence-electron chi connectivity index (χ1n) is 10.1. The van der Waals surface area contributed by atoms with Crippen LogP contribution in [-0.2, 0) is 11.8 Å². The molecule has 2 fully saturated rings. The monoisotopic (exact) mass is 383 g/mol. The van der Waals surface area contributed by atoms with Crippen LogP contribution in [0.2, 0.25) is 0 Å². The summed E-state index contributed by atoms with van der Waals surface area (Å²) in [4.78, 5) is 32.0. The van der Waals surface area contributed by atoms with Gasteiger partial charge < -0.3 is 19.4 Å². The minimum atomic E-state index is -0.106. The van der Waals surface area contributed by atoms with Crippen LogP contribution < -0.4 is 5.32 Å². The van der Waals surface area contributed by atoms with E-state index in [2.05, 4.69) is 28.7 Å². The Morgan fingerprint density at radius 3 is 2.54 bits per heavy atom. The highest BCUT2D eigenvalue weighted by Gasteiger charge is 2.41. The van der Waals surface area contributed by atoms with E-state index in [4.69, 9.17) is 0 Å². The summed E-state index contributed by atoms with van der Waals surface area (Å²) in [6.45, 7) is 7.29. The zero-order valence-electron chi connectivity index (χ0n) is 17.1. The molecule has 0 spiro atoms. The standard InChI is InChI=1S/C21H29N5O2/c1-13(2)26-9-7-16(14(26)3)21(28)25-11-17(19-22-8-10-24(19)4)18(12-25)23-20(27)15-5-6-15/h7-10,13,15,17-18H,5-6,11-12H2,1-4H3,(H,23,27)/t17-,18-/m1/s1. The van der Waals surface area contributed by atoms with Gasteiger partial charge in [0.25, 0.3) is 5.91 Å². The molecule has 2 aliphatic rings. The molecular weight excluding hydrogens is 354 g/mol. The van der Waals surface area contributed by atoms with Crippen LogP contribution in [0.25, 0.3) is 0 Å². The molecule has 2 aromatic heterocycles. The molecule has 2 amide bonds. The summed E-state index contributed by atoms with van der Waals surface area (Å²) in [5.41, 5.74) is 1.72. The van der Waals surface area contributed by atoms with E-state index in [0.29, 0.717) is 19.1 Å². The van der Waals surface area contributed by atoms with Gasteiger partial charge in [-0.2, -0.15) is 0 Å². The lowest BCUT2D eigenvalue weighted by molar-refractivity contribution is -0.123. The highest BCUT2D eigenvalue weighted by atomic mass is 16.2. The van der Waals surface area contributed by atoms with Gasteiger partial charge in [-0.25, -0.2) is 4.98 Å². The van der Waals surface area contributed by atoms with E-state index in [9.17, 15) is 9.59 Å². The van der Waals surface area contributed by atoms with Crippen molar-refractivity contribution < 1.29 is 9.59 Å². The van der Waals surface area contributed by atoms with Crippen molar-refractivity contribution in [1.82, 2.24) is 24.3 Å². The van der Waals surface area contributed by atoms with Crippen LogP contribution in [0.5, 0.6) is 0 Å². The van der Waals surface area contributed by atoms with Crippen LogP contribution in [0.3, 0.4) is 0 Å². The van der Waals surface area contributed by atoms with Crippen molar-refractivity contribution >= 4 is 11.8 Å². The molecule has 150 valence electrons. The number of amides is 2. The largest absolute Gasteiger partial charge is 0.351 e. The normalized spacial score (nSPS) is 22.1. The van der Waals surface area contributed by atoms with Crippen LogP contribution in [0, 0.1) is 12.8 Å². The van der Waals surface area contributed by atoms with Crippen LogP contribution >= 0.6 is 0 Å².